The highest BCUT2D eigenvalue weighted by Gasteiger charge is 2.11. The quantitative estimate of drug-likeness (QED) is 0.326. The molecule has 6 heteroatoms. The number of methoxy groups -OCH3 is 1. The first-order chi connectivity index (χ1) is 15.2. The molecule has 2 heterocycles. The van der Waals surface area contributed by atoms with E-state index < -0.39 is 5.97 Å². The molecule has 0 radical (unpaired) electrons. The molecule has 0 aliphatic rings. The van der Waals surface area contributed by atoms with E-state index in [9.17, 15) is 4.79 Å². The molecular formula is C25H21N3O3. The van der Waals surface area contributed by atoms with Crippen LogP contribution in [0, 0.1) is 0 Å². The summed E-state index contributed by atoms with van der Waals surface area (Å²) < 4.78 is 12.3. The summed E-state index contributed by atoms with van der Waals surface area (Å²) in [5.41, 5.74) is 4.08. The van der Waals surface area contributed by atoms with Crippen molar-refractivity contribution in [3.05, 3.63) is 103 Å². The second kappa shape index (κ2) is 9.54. The summed E-state index contributed by atoms with van der Waals surface area (Å²) in [7, 11) is 1.63. The van der Waals surface area contributed by atoms with Gasteiger partial charge in [0.15, 0.2) is 0 Å². The van der Waals surface area contributed by atoms with Crippen LogP contribution in [-0.2, 0) is 16.1 Å². The Labute approximate surface area is 180 Å². The van der Waals surface area contributed by atoms with Crippen LogP contribution in [-0.4, -0.2) is 27.8 Å². The molecule has 0 N–H and O–H groups in total. The van der Waals surface area contributed by atoms with Crippen molar-refractivity contribution >= 4 is 12.0 Å². The van der Waals surface area contributed by atoms with Crippen LogP contribution in [0.5, 0.6) is 5.75 Å². The molecule has 2 aromatic heterocycles. The number of ether oxygens (including phenoxy) is 2. The van der Waals surface area contributed by atoms with Crippen LogP contribution < -0.4 is 4.74 Å². The maximum Gasteiger partial charge on any atom is 0.331 e. The highest BCUT2D eigenvalue weighted by Crippen LogP contribution is 2.26. The van der Waals surface area contributed by atoms with E-state index in [0.717, 1.165) is 28.3 Å². The third-order valence-electron chi connectivity index (χ3n) is 4.61. The Balaban J connectivity index is 1.59. The number of hydrogen-bond acceptors (Lipinski definition) is 5. The molecule has 0 bridgehead atoms. The van der Waals surface area contributed by atoms with Crippen molar-refractivity contribution in [3.8, 4) is 22.7 Å². The third-order valence-corrected chi connectivity index (χ3v) is 4.61. The molecule has 0 amide bonds. The van der Waals surface area contributed by atoms with E-state index >= 15 is 0 Å². The highest BCUT2D eigenvalue weighted by molar-refractivity contribution is 5.88. The van der Waals surface area contributed by atoms with Gasteiger partial charge in [-0.1, -0.05) is 24.3 Å². The van der Waals surface area contributed by atoms with Crippen LogP contribution in [0.4, 0.5) is 0 Å². The number of pyridine rings is 1. The van der Waals surface area contributed by atoms with Gasteiger partial charge in [-0.2, -0.15) is 5.10 Å². The van der Waals surface area contributed by atoms with E-state index in [0.29, 0.717) is 5.69 Å². The van der Waals surface area contributed by atoms with E-state index in [4.69, 9.17) is 14.6 Å². The first-order valence-corrected chi connectivity index (χ1v) is 9.77. The number of carbonyl (C=O) groups is 1. The third kappa shape index (κ3) is 5.05. The lowest BCUT2D eigenvalue weighted by molar-refractivity contribution is -0.139. The monoisotopic (exact) mass is 411 g/mol. The van der Waals surface area contributed by atoms with Crippen molar-refractivity contribution in [2.45, 2.75) is 6.61 Å². The lowest BCUT2D eigenvalue weighted by atomic mass is 10.1. The van der Waals surface area contributed by atoms with Crippen molar-refractivity contribution in [2.75, 3.05) is 7.11 Å². The van der Waals surface area contributed by atoms with Gasteiger partial charge in [0.2, 0.25) is 0 Å². The van der Waals surface area contributed by atoms with Crippen LogP contribution >= 0.6 is 0 Å². The fraction of sp³-hybridized carbons (Fsp3) is 0.0800. The molecule has 0 aliphatic heterocycles. The van der Waals surface area contributed by atoms with E-state index in [-0.39, 0.29) is 6.61 Å². The van der Waals surface area contributed by atoms with E-state index in [2.05, 4.69) is 4.98 Å². The summed E-state index contributed by atoms with van der Waals surface area (Å²) in [4.78, 5) is 16.4. The van der Waals surface area contributed by atoms with Crippen LogP contribution in [0.15, 0.2) is 91.3 Å². The molecule has 4 rings (SSSR count). The van der Waals surface area contributed by atoms with Crippen molar-refractivity contribution in [1.29, 1.82) is 0 Å². The van der Waals surface area contributed by atoms with Gasteiger partial charge >= 0.3 is 5.97 Å². The normalized spacial score (nSPS) is 10.9. The molecule has 6 nitrogen and oxygen atoms in total. The van der Waals surface area contributed by atoms with Gasteiger partial charge in [0.1, 0.15) is 12.4 Å². The summed E-state index contributed by atoms with van der Waals surface area (Å²) in [6.07, 6.45) is 6.67. The Bertz CT molecular complexity index is 1170. The minimum atomic E-state index is -0.446. The van der Waals surface area contributed by atoms with Gasteiger partial charge in [0.25, 0.3) is 0 Å². The Hall–Kier alpha value is -4.19. The maximum atomic E-state index is 12.2. The minimum Gasteiger partial charge on any atom is -0.497 e. The number of nitrogens with zero attached hydrogens (tertiary/aromatic N) is 3. The summed E-state index contributed by atoms with van der Waals surface area (Å²) in [5.74, 6) is 0.320. The molecule has 0 spiro atoms. The van der Waals surface area contributed by atoms with Gasteiger partial charge in [-0.15, -0.1) is 0 Å². The number of esters is 1. The summed E-state index contributed by atoms with van der Waals surface area (Å²) in [6, 6.07) is 22.9. The molecule has 0 aliphatic carbocycles. The van der Waals surface area contributed by atoms with Crippen molar-refractivity contribution in [1.82, 2.24) is 14.8 Å². The highest BCUT2D eigenvalue weighted by atomic mass is 16.5. The fourth-order valence-corrected chi connectivity index (χ4v) is 3.03. The standard InChI is InChI=1S/C25H21N3O3/c1-30-23-13-10-19(11-14-23)25-20(17-28(27-25)22-8-3-2-4-9-22)12-15-24(29)31-18-21-7-5-6-16-26-21/h2-17H,18H2,1H3/b15-12+. The number of para-hydroxylation sites is 1. The first kappa shape index (κ1) is 20.1. The zero-order valence-corrected chi connectivity index (χ0v) is 17.0. The summed E-state index contributed by atoms with van der Waals surface area (Å²) in [5, 5.41) is 4.74. The van der Waals surface area contributed by atoms with Gasteiger partial charge in [0, 0.05) is 29.6 Å². The fourth-order valence-electron chi connectivity index (χ4n) is 3.03. The molecule has 0 saturated heterocycles. The number of carbonyl (C=O) groups excluding carboxylic acids is 1. The molecule has 0 saturated carbocycles. The summed E-state index contributed by atoms with van der Waals surface area (Å²) in [6.45, 7) is 0.124. The predicted molar refractivity (Wildman–Crippen MR) is 119 cm³/mol. The molecule has 4 aromatic rings. The average molecular weight is 411 g/mol. The second-order valence-corrected chi connectivity index (χ2v) is 6.70. The summed E-state index contributed by atoms with van der Waals surface area (Å²) >= 11 is 0. The van der Waals surface area contributed by atoms with Crippen molar-refractivity contribution < 1.29 is 14.3 Å². The molecule has 0 fully saturated rings. The topological polar surface area (TPSA) is 66.2 Å². The molecule has 31 heavy (non-hydrogen) atoms. The Morgan fingerprint density at radius 3 is 2.48 bits per heavy atom. The average Bonchev–Trinajstić information content (AvgIpc) is 3.27. The second-order valence-electron chi connectivity index (χ2n) is 6.70. The number of benzene rings is 2. The Kier molecular flexibility index (Phi) is 6.18. The van der Waals surface area contributed by atoms with Gasteiger partial charge in [-0.05, 0) is 54.6 Å². The number of aromatic nitrogens is 3. The molecular weight excluding hydrogens is 390 g/mol. The smallest absolute Gasteiger partial charge is 0.331 e. The lowest BCUT2D eigenvalue weighted by Gasteiger charge is -2.03. The van der Waals surface area contributed by atoms with Crippen molar-refractivity contribution in [2.24, 2.45) is 0 Å². The molecule has 0 atom stereocenters. The lowest BCUT2D eigenvalue weighted by Crippen LogP contribution is -2.01. The van der Waals surface area contributed by atoms with Crippen LogP contribution in [0.1, 0.15) is 11.3 Å². The van der Waals surface area contributed by atoms with E-state index in [1.807, 2.05) is 79.0 Å². The zero-order valence-electron chi connectivity index (χ0n) is 17.0. The zero-order chi connectivity index (χ0) is 21.5. The van der Waals surface area contributed by atoms with E-state index in [1.54, 1.807) is 24.1 Å². The van der Waals surface area contributed by atoms with Crippen LogP contribution in [0.25, 0.3) is 23.0 Å². The maximum absolute atomic E-state index is 12.2. The van der Waals surface area contributed by atoms with Gasteiger partial charge < -0.3 is 9.47 Å². The molecule has 154 valence electrons. The van der Waals surface area contributed by atoms with Crippen LogP contribution in [0.3, 0.4) is 0 Å². The molecule has 0 unspecified atom stereocenters. The number of hydrogen-bond donors (Lipinski definition) is 0. The number of rotatable bonds is 7. The van der Waals surface area contributed by atoms with Gasteiger partial charge in [0.05, 0.1) is 24.2 Å². The molecule has 2 aromatic carbocycles. The first-order valence-electron chi connectivity index (χ1n) is 9.77. The Morgan fingerprint density at radius 1 is 1.00 bits per heavy atom. The largest absolute Gasteiger partial charge is 0.497 e. The van der Waals surface area contributed by atoms with Crippen molar-refractivity contribution in [3.63, 3.8) is 0 Å². The van der Waals surface area contributed by atoms with E-state index in [1.165, 1.54) is 6.08 Å². The Morgan fingerprint density at radius 2 is 1.77 bits per heavy atom. The SMILES string of the molecule is COc1ccc(-c2nn(-c3ccccc3)cc2/C=C/C(=O)OCc2ccccn2)cc1. The minimum absolute atomic E-state index is 0.124. The predicted octanol–water partition coefficient (Wildman–Crippen LogP) is 4.70. The van der Waals surface area contributed by atoms with Gasteiger partial charge in [-0.3, -0.25) is 4.98 Å². The van der Waals surface area contributed by atoms with Crippen LogP contribution in [0.2, 0.25) is 0 Å². The van der Waals surface area contributed by atoms with Gasteiger partial charge in [-0.25, -0.2) is 9.48 Å².